The lowest BCUT2D eigenvalue weighted by molar-refractivity contribution is -0.119. The van der Waals surface area contributed by atoms with Gasteiger partial charge in [-0.25, -0.2) is 13.8 Å². The Morgan fingerprint density at radius 2 is 1.90 bits per heavy atom. The number of nitrogens with one attached hydrogen (secondary N) is 1. The average molecular weight is 482 g/mol. The zero-order chi connectivity index (χ0) is 21.0. The van der Waals surface area contributed by atoms with Crippen molar-refractivity contribution in [3.05, 3.63) is 52.5 Å². The van der Waals surface area contributed by atoms with Crippen LogP contribution in [-0.4, -0.2) is 46.1 Å². The molecule has 1 heterocycles. The zero-order valence-corrected chi connectivity index (χ0v) is 18.3. The van der Waals surface area contributed by atoms with Crippen molar-refractivity contribution in [3.63, 3.8) is 0 Å². The first kappa shape index (κ1) is 21.1. The Bertz CT molecular complexity index is 1060. The van der Waals surface area contributed by atoms with Crippen molar-refractivity contribution in [2.24, 2.45) is 5.10 Å². The number of fused-ring (bicyclic) bond motifs is 1. The van der Waals surface area contributed by atoms with Crippen LogP contribution in [0.25, 0.3) is 0 Å². The van der Waals surface area contributed by atoms with Gasteiger partial charge in [0.2, 0.25) is 10.0 Å². The van der Waals surface area contributed by atoms with E-state index in [-0.39, 0.29) is 0 Å². The summed E-state index contributed by atoms with van der Waals surface area (Å²) in [5.74, 6) is 0.717. The van der Waals surface area contributed by atoms with Crippen LogP contribution in [0.2, 0.25) is 0 Å². The van der Waals surface area contributed by atoms with E-state index in [4.69, 9.17) is 9.47 Å². The standard InChI is InChI=1S/C19H20BrN3O5S/c1-13(14-6-7-17-18(10-14)28-9-8-27-17)21-22-19(24)12-23(29(2,25)26)16-5-3-4-15(20)11-16/h3-7,10-11H,8-9,12H2,1-2H3,(H,22,24)/b21-13-. The van der Waals surface area contributed by atoms with Gasteiger partial charge in [0.1, 0.15) is 19.8 Å². The highest BCUT2D eigenvalue weighted by Gasteiger charge is 2.21. The van der Waals surface area contributed by atoms with Gasteiger partial charge in [0, 0.05) is 10.0 Å². The molecule has 0 spiro atoms. The first-order valence-electron chi connectivity index (χ1n) is 8.70. The van der Waals surface area contributed by atoms with Crippen molar-refractivity contribution < 1.29 is 22.7 Å². The molecule has 0 unspecified atom stereocenters. The summed E-state index contributed by atoms with van der Waals surface area (Å²) >= 11 is 3.30. The van der Waals surface area contributed by atoms with Gasteiger partial charge in [-0.15, -0.1) is 0 Å². The molecule has 0 fully saturated rings. The third-order valence-corrected chi connectivity index (χ3v) is 5.73. The quantitative estimate of drug-likeness (QED) is 0.504. The molecule has 154 valence electrons. The number of hydrazone groups is 1. The van der Waals surface area contributed by atoms with Crippen LogP contribution in [0.5, 0.6) is 11.5 Å². The number of nitrogens with zero attached hydrogens (tertiary/aromatic N) is 2. The fraction of sp³-hybridized carbons (Fsp3) is 0.263. The topological polar surface area (TPSA) is 97.3 Å². The summed E-state index contributed by atoms with van der Waals surface area (Å²) in [4.78, 5) is 12.3. The predicted octanol–water partition coefficient (Wildman–Crippen LogP) is 2.53. The molecule has 0 aliphatic carbocycles. The zero-order valence-electron chi connectivity index (χ0n) is 15.9. The van der Waals surface area contributed by atoms with Crippen molar-refractivity contribution >= 4 is 43.3 Å². The minimum Gasteiger partial charge on any atom is -0.486 e. The number of halogens is 1. The summed E-state index contributed by atoms with van der Waals surface area (Å²) in [7, 11) is -3.66. The van der Waals surface area contributed by atoms with E-state index in [2.05, 4.69) is 26.5 Å². The molecule has 0 atom stereocenters. The van der Waals surface area contributed by atoms with Gasteiger partial charge in [0.25, 0.3) is 5.91 Å². The van der Waals surface area contributed by atoms with Gasteiger partial charge in [-0.3, -0.25) is 9.10 Å². The number of hydrogen-bond acceptors (Lipinski definition) is 6. The van der Waals surface area contributed by atoms with E-state index < -0.39 is 22.5 Å². The Labute approximate surface area is 177 Å². The van der Waals surface area contributed by atoms with Gasteiger partial charge < -0.3 is 9.47 Å². The molecule has 8 nitrogen and oxygen atoms in total. The lowest BCUT2D eigenvalue weighted by atomic mass is 10.1. The monoisotopic (exact) mass is 481 g/mol. The summed E-state index contributed by atoms with van der Waals surface area (Å²) in [6.45, 7) is 2.31. The maximum absolute atomic E-state index is 12.3. The van der Waals surface area contributed by atoms with Crippen molar-refractivity contribution in [1.82, 2.24) is 5.43 Å². The molecule has 10 heteroatoms. The van der Waals surface area contributed by atoms with Gasteiger partial charge in [0.15, 0.2) is 11.5 Å². The summed E-state index contributed by atoms with van der Waals surface area (Å²) in [5, 5.41) is 4.08. The Morgan fingerprint density at radius 3 is 2.59 bits per heavy atom. The molecule has 1 N–H and O–H groups in total. The normalized spacial score (nSPS) is 13.7. The molecular weight excluding hydrogens is 462 g/mol. The van der Waals surface area contributed by atoms with Gasteiger partial charge in [-0.05, 0) is 43.3 Å². The van der Waals surface area contributed by atoms with E-state index in [1.165, 1.54) is 0 Å². The number of rotatable bonds is 6. The molecule has 2 aromatic carbocycles. The van der Waals surface area contributed by atoms with Crippen LogP contribution in [0.4, 0.5) is 5.69 Å². The summed E-state index contributed by atoms with van der Waals surface area (Å²) in [6, 6.07) is 12.1. The average Bonchev–Trinajstić information content (AvgIpc) is 2.69. The molecule has 3 rings (SSSR count). The number of carbonyl (C=O) groups excluding carboxylic acids is 1. The largest absolute Gasteiger partial charge is 0.486 e. The van der Waals surface area contributed by atoms with Gasteiger partial charge in [-0.1, -0.05) is 22.0 Å². The molecule has 0 saturated heterocycles. The number of sulfonamides is 1. The second-order valence-corrected chi connectivity index (χ2v) is 9.16. The van der Waals surface area contributed by atoms with Crippen molar-refractivity contribution in [2.45, 2.75) is 6.92 Å². The van der Waals surface area contributed by atoms with Crippen LogP contribution in [0.15, 0.2) is 52.0 Å². The molecule has 1 amide bonds. The Kier molecular flexibility index (Phi) is 6.43. The number of amides is 1. The van der Waals surface area contributed by atoms with Crippen molar-refractivity contribution in [2.75, 3.05) is 30.3 Å². The third kappa shape index (κ3) is 5.48. The highest BCUT2D eigenvalue weighted by atomic mass is 79.9. The third-order valence-electron chi connectivity index (χ3n) is 4.09. The summed E-state index contributed by atoms with van der Waals surface area (Å²) in [6.07, 6.45) is 1.05. The first-order valence-corrected chi connectivity index (χ1v) is 11.3. The molecule has 29 heavy (non-hydrogen) atoms. The summed E-state index contributed by atoms with van der Waals surface area (Å²) < 4.78 is 37.0. The minimum absolute atomic E-state index is 0.379. The predicted molar refractivity (Wildman–Crippen MR) is 114 cm³/mol. The number of hydrogen-bond donors (Lipinski definition) is 1. The second-order valence-electron chi connectivity index (χ2n) is 6.34. The number of benzene rings is 2. The number of carbonyl (C=O) groups is 1. The lowest BCUT2D eigenvalue weighted by Gasteiger charge is -2.21. The number of ether oxygens (including phenoxy) is 2. The van der Waals surface area contributed by atoms with E-state index in [1.54, 1.807) is 43.3 Å². The Morgan fingerprint density at radius 1 is 1.17 bits per heavy atom. The molecule has 1 aliphatic heterocycles. The molecule has 0 bridgehead atoms. The van der Waals surface area contributed by atoms with Gasteiger partial charge >= 0.3 is 0 Å². The van der Waals surface area contributed by atoms with E-state index in [1.807, 2.05) is 6.07 Å². The first-order chi connectivity index (χ1) is 13.7. The highest BCUT2D eigenvalue weighted by Crippen LogP contribution is 2.30. The van der Waals surface area contributed by atoms with Gasteiger partial charge in [0.05, 0.1) is 17.7 Å². The Balaban J connectivity index is 1.71. The van der Waals surface area contributed by atoms with Crippen LogP contribution < -0.4 is 19.2 Å². The maximum atomic E-state index is 12.3. The van der Waals surface area contributed by atoms with Crippen molar-refractivity contribution in [1.29, 1.82) is 0 Å². The van der Waals surface area contributed by atoms with Crippen LogP contribution in [0.1, 0.15) is 12.5 Å². The molecule has 2 aromatic rings. The maximum Gasteiger partial charge on any atom is 0.260 e. The van der Waals surface area contributed by atoms with Crippen molar-refractivity contribution in [3.8, 4) is 11.5 Å². The van der Waals surface area contributed by atoms with E-state index in [9.17, 15) is 13.2 Å². The summed E-state index contributed by atoms with van der Waals surface area (Å²) in [5.41, 5.74) is 4.08. The van der Waals surface area contributed by atoms with Crippen LogP contribution in [0, 0.1) is 0 Å². The van der Waals surface area contributed by atoms with Crippen LogP contribution >= 0.6 is 15.9 Å². The van der Waals surface area contributed by atoms with Crippen LogP contribution in [0.3, 0.4) is 0 Å². The van der Waals surface area contributed by atoms with Gasteiger partial charge in [-0.2, -0.15) is 5.10 Å². The fourth-order valence-corrected chi connectivity index (χ4v) is 3.91. The SMILES string of the molecule is C/C(=N/NC(=O)CN(c1cccc(Br)c1)S(C)(=O)=O)c1ccc2c(c1)OCCO2. The second kappa shape index (κ2) is 8.83. The molecule has 0 saturated carbocycles. The minimum atomic E-state index is -3.66. The molecule has 0 radical (unpaired) electrons. The van der Waals surface area contributed by atoms with E-state index in [0.717, 1.165) is 16.1 Å². The fourth-order valence-electron chi connectivity index (χ4n) is 2.68. The Hall–Kier alpha value is -2.59. The molecule has 0 aromatic heterocycles. The van der Waals surface area contributed by atoms with Crippen LogP contribution in [-0.2, 0) is 14.8 Å². The molecule has 1 aliphatic rings. The molecular formula is C19H20BrN3O5S. The van der Waals surface area contributed by atoms with E-state index in [0.29, 0.717) is 40.6 Å². The number of anilines is 1. The van der Waals surface area contributed by atoms with E-state index >= 15 is 0 Å². The lowest BCUT2D eigenvalue weighted by Crippen LogP contribution is -2.39. The highest BCUT2D eigenvalue weighted by molar-refractivity contribution is 9.10. The smallest absolute Gasteiger partial charge is 0.260 e.